The van der Waals surface area contributed by atoms with Gasteiger partial charge in [-0.15, -0.1) is 0 Å². The molecule has 1 aliphatic rings. The summed E-state index contributed by atoms with van der Waals surface area (Å²) in [7, 11) is 3.38. The summed E-state index contributed by atoms with van der Waals surface area (Å²) in [4.78, 5) is 28.7. The number of rotatable bonds is 9. The number of hydrogen-bond acceptors (Lipinski definition) is 4. The number of nitrogens with zero attached hydrogens (tertiary/aromatic N) is 2. The Morgan fingerprint density at radius 1 is 1.22 bits per heavy atom. The Hall–Kier alpha value is -2.34. The van der Waals surface area contributed by atoms with E-state index in [4.69, 9.17) is 4.74 Å². The summed E-state index contributed by atoms with van der Waals surface area (Å²) in [5.41, 5.74) is 1.82. The minimum absolute atomic E-state index is 0.0571. The number of carbonyl (C=O) groups excluding carboxylic acids is 2. The lowest BCUT2D eigenvalue weighted by Crippen LogP contribution is -2.41. The van der Waals surface area contributed by atoms with Crippen LogP contribution in [-0.4, -0.2) is 55.4 Å². The Kier molecular flexibility index (Phi) is 8.33. The van der Waals surface area contributed by atoms with Gasteiger partial charge in [-0.25, -0.2) is 0 Å². The second kappa shape index (κ2) is 10.7. The molecule has 0 saturated heterocycles. The lowest BCUT2D eigenvalue weighted by Gasteiger charge is -2.29. The minimum atomic E-state index is -0.155. The first kappa shape index (κ1) is 21.0. The molecule has 0 atom stereocenters. The second-order valence-electron chi connectivity index (χ2n) is 6.94. The number of amides is 2. The van der Waals surface area contributed by atoms with E-state index in [2.05, 4.69) is 18.3 Å². The fraction of sp³-hybridized carbons (Fsp3) is 0.524. The average Bonchev–Trinajstić information content (AvgIpc) is 2.66. The molecule has 2 rings (SSSR count). The fourth-order valence-corrected chi connectivity index (χ4v) is 3.24. The maximum absolute atomic E-state index is 12.8. The SMILES string of the molecule is CCCN(C(=O)CN(C)CC(=O)Nc1cccc(OC)c1)C1=CCCCC1. The predicted octanol–water partition coefficient (Wildman–Crippen LogP) is 3.26. The molecule has 0 saturated carbocycles. The number of ether oxygens (including phenoxy) is 1. The smallest absolute Gasteiger partial charge is 0.240 e. The molecule has 0 radical (unpaired) electrons. The minimum Gasteiger partial charge on any atom is -0.497 e. The molecule has 6 nitrogen and oxygen atoms in total. The van der Waals surface area contributed by atoms with E-state index in [9.17, 15) is 9.59 Å². The van der Waals surface area contributed by atoms with Crippen molar-refractivity contribution in [2.24, 2.45) is 0 Å². The first-order valence-electron chi connectivity index (χ1n) is 9.65. The van der Waals surface area contributed by atoms with Crippen molar-refractivity contribution < 1.29 is 14.3 Å². The molecule has 1 aliphatic carbocycles. The molecule has 0 spiro atoms. The quantitative estimate of drug-likeness (QED) is 0.722. The van der Waals surface area contributed by atoms with Crippen molar-refractivity contribution in [1.82, 2.24) is 9.80 Å². The highest BCUT2D eigenvalue weighted by Gasteiger charge is 2.20. The molecule has 0 bridgehead atoms. The van der Waals surface area contributed by atoms with E-state index in [-0.39, 0.29) is 24.9 Å². The van der Waals surface area contributed by atoms with Crippen LogP contribution in [0, 0.1) is 0 Å². The Labute approximate surface area is 162 Å². The second-order valence-corrected chi connectivity index (χ2v) is 6.94. The van der Waals surface area contributed by atoms with Crippen LogP contribution in [0.4, 0.5) is 5.69 Å². The summed E-state index contributed by atoms with van der Waals surface area (Å²) in [6, 6.07) is 7.22. The highest BCUT2D eigenvalue weighted by Crippen LogP contribution is 2.21. The van der Waals surface area contributed by atoms with Crippen molar-refractivity contribution in [3.63, 3.8) is 0 Å². The Morgan fingerprint density at radius 2 is 2.04 bits per heavy atom. The molecule has 0 aromatic heterocycles. The van der Waals surface area contributed by atoms with E-state index < -0.39 is 0 Å². The summed E-state index contributed by atoms with van der Waals surface area (Å²) in [6.45, 7) is 3.19. The van der Waals surface area contributed by atoms with E-state index in [1.54, 1.807) is 25.1 Å². The highest BCUT2D eigenvalue weighted by atomic mass is 16.5. The Morgan fingerprint density at radius 3 is 2.70 bits per heavy atom. The summed E-state index contributed by atoms with van der Waals surface area (Å²) < 4.78 is 5.16. The van der Waals surface area contributed by atoms with Crippen molar-refractivity contribution in [1.29, 1.82) is 0 Å². The van der Waals surface area contributed by atoms with Crippen LogP contribution >= 0.6 is 0 Å². The Balaban J connectivity index is 1.88. The van der Waals surface area contributed by atoms with E-state index >= 15 is 0 Å². The first-order chi connectivity index (χ1) is 13.0. The van der Waals surface area contributed by atoms with Gasteiger partial charge in [0.05, 0.1) is 20.2 Å². The zero-order valence-electron chi connectivity index (χ0n) is 16.7. The van der Waals surface area contributed by atoms with Crippen LogP contribution in [0.15, 0.2) is 36.0 Å². The van der Waals surface area contributed by atoms with Gasteiger partial charge in [0.25, 0.3) is 0 Å². The van der Waals surface area contributed by atoms with Gasteiger partial charge >= 0.3 is 0 Å². The maximum atomic E-state index is 12.8. The van der Waals surface area contributed by atoms with Crippen LogP contribution in [0.5, 0.6) is 5.75 Å². The third-order valence-corrected chi connectivity index (χ3v) is 4.53. The van der Waals surface area contributed by atoms with Crippen LogP contribution in [0.25, 0.3) is 0 Å². The molecule has 1 aromatic rings. The van der Waals surface area contributed by atoms with Crippen molar-refractivity contribution in [2.45, 2.75) is 39.0 Å². The fourth-order valence-electron chi connectivity index (χ4n) is 3.24. The average molecular weight is 373 g/mol. The third kappa shape index (κ3) is 6.71. The molecular formula is C21H31N3O3. The first-order valence-corrected chi connectivity index (χ1v) is 9.65. The van der Waals surface area contributed by atoms with Crippen LogP contribution in [0.3, 0.4) is 0 Å². The lowest BCUT2D eigenvalue weighted by atomic mass is 10.0. The standard InChI is InChI=1S/C21H31N3O3/c1-4-13-24(18-10-6-5-7-11-18)21(26)16-23(2)15-20(25)22-17-9-8-12-19(14-17)27-3/h8-10,12,14H,4-7,11,13,15-16H2,1-3H3,(H,22,25). The molecule has 0 heterocycles. The van der Waals surface area contributed by atoms with E-state index in [1.807, 2.05) is 23.1 Å². The molecule has 0 fully saturated rings. The number of allylic oxidation sites excluding steroid dienone is 2. The van der Waals surface area contributed by atoms with Crippen molar-refractivity contribution in [2.75, 3.05) is 39.1 Å². The van der Waals surface area contributed by atoms with Gasteiger partial charge < -0.3 is 15.0 Å². The molecule has 1 N–H and O–H groups in total. The summed E-state index contributed by atoms with van der Waals surface area (Å²) in [5.74, 6) is 0.589. The number of likely N-dealkylation sites (N-methyl/N-ethyl adjacent to an activating group) is 1. The monoisotopic (exact) mass is 373 g/mol. The molecular weight excluding hydrogens is 342 g/mol. The van der Waals surface area contributed by atoms with Gasteiger partial charge in [-0.2, -0.15) is 0 Å². The zero-order valence-corrected chi connectivity index (χ0v) is 16.7. The molecule has 148 valence electrons. The third-order valence-electron chi connectivity index (χ3n) is 4.53. The number of anilines is 1. The number of benzene rings is 1. The van der Waals surface area contributed by atoms with E-state index in [1.165, 1.54) is 6.42 Å². The highest BCUT2D eigenvalue weighted by molar-refractivity contribution is 5.92. The lowest BCUT2D eigenvalue weighted by molar-refractivity contribution is -0.130. The maximum Gasteiger partial charge on any atom is 0.240 e. The zero-order chi connectivity index (χ0) is 19.6. The van der Waals surface area contributed by atoms with Crippen LogP contribution in [0.2, 0.25) is 0 Å². The van der Waals surface area contributed by atoms with Crippen LogP contribution in [0.1, 0.15) is 39.0 Å². The van der Waals surface area contributed by atoms with E-state index in [0.717, 1.165) is 37.9 Å². The number of hydrogen-bond donors (Lipinski definition) is 1. The molecule has 6 heteroatoms. The summed E-state index contributed by atoms with van der Waals surface area (Å²) in [5, 5.41) is 2.84. The molecule has 2 amide bonds. The Bertz CT molecular complexity index is 672. The van der Waals surface area contributed by atoms with Gasteiger partial charge in [-0.1, -0.05) is 19.1 Å². The van der Waals surface area contributed by atoms with Gasteiger partial charge in [0.1, 0.15) is 5.75 Å². The molecule has 27 heavy (non-hydrogen) atoms. The number of methoxy groups -OCH3 is 1. The largest absolute Gasteiger partial charge is 0.497 e. The molecule has 0 aliphatic heterocycles. The van der Waals surface area contributed by atoms with Crippen molar-refractivity contribution in [3.05, 3.63) is 36.0 Å². The van der Waals surface area contributed by atoms with Gasteiger partial charge in [0.2, 0.25) is 11.8 Å². The van der Waals surface area contributed by atoms with Crippen molar-refractivity contribution >= 4 is 17.5 Å². The number of nitrogens with one attached hydrogen (secondary N) is 1. The normalized spacial score (nSPS) is 13.9. The van der Waals surface area contributed by atoms with Crippen molar-refractivity contribution in [3.8, 4) is 5.75 Å². The van der Waals surface area contributed by atoms with E-state index in [0.29, 0.717) is 11.4 Å². The van der Waals surface area contributed by atoms with Crippen LogP contribution < -0.4 is 10.1 Å². The van der Waals surface area contributed by atoms with Gasteiger partial charge in [-0.05, 0) is 51.3 Å². The predicted molar refractivity (Wildman–Crippen MR) is 108 cm³/mol. The number of carbonyl (C=O) groups is 2. The molecule has 0 unspecified atom stereocenters. The topological polar surface area (TPSA) is 61.9 Å². The molecule has 1 aromatic carbocycles. The van der Waals surface area contributed by atoms with Gasteiger partial charge in [-0.3, -0.25) is 14.5 Å². The van der Waals surface area contributed by atoms with Gasteiger partial charge in [0.15, 0.2) is 0 Å². The van der Waals surface area contributed by atoms with Gasteiger partial charge in [0, 0.05) is 24.0 Å². The van der Waals surface area contributed by atoms with Crippen LogP contribution in [-0.2, 0) is 9.59 Å². The summed E-state index contributed by atoms with van der Waals surface area (Å²) >= 11 is 0. The summed E-state index contributed by atoms with van der Waals surface area (Å²) in [6.07, 6.45) is 7.45.